The number of nitrogens with one attached hydrogen (secondary N) is 2. The van der Waals surface area contributed by atoms with Crippen molar-refractivity contribution in [1.82, 2.24) is 15.6 Å². The van der Waals surface area contributed by atoms with Crippen LogP contribution >= 0.6 is 0 Å². The van der Waals surface area contributed by atoms with E-state index in [9.17, 15) is 0 Å². The molecule has 0 amide bonds. The third kappa shape index (κ3) is 4.88. The van der Waals surface area contributed by atoms with Crippen LogP contribution in [0.25, 0.3) is 0 Å². The number of aromatic nitrogens is 1. The van der Waals surface area contributed by atoms with Gasteiger partial charge in [0.25, 0.3) is 0 Å². The standard InChI is InChI=1S/C23H31N5O/c1-18-16-28(12-13-29-18)21-14-19(8-11-25-21)15-26-22(24-2)27-17-23(9-10-23)20-6-4-3-5-7-20/h3-8,11,14,18H,9-10,12-13,15-17H2,1-2H3,(H2,24,26,27). The summed E-state index contributed by atoms with van der Waals surface area (Å²) in [6, 6.07) is 15.0. The number of anilines is 1. The van der Waals surface area contributed by atoms with Crippen molar-refractivity contribution in [2.24, 2.45) is 4.99 Å². The molecule has 1 aromatic heterocycles. The second kappa shape index (κ2) is 8.82. The molecule has 2 fully saturated rings. The number of hydrogen-bond acceptors (Lipinski definition) is 4. The molecular weight excluding hydrogens is 362 g/mol. The van der Waals surface area contributed by atoms with E-state index >= 15 is 0 Å². The third-order valence-corrected chi connectivity index (χ3v) is 5.89. The van der Waals surface area contributed by atoms with Gasteiger partial charge in [0.05, 0.1) is 12.7 Å². The molecule has 1 aliphatic heterocycles. The Morgan fingerprint density at radius 3 is 2.79 bits per heavy atom. The Hall–Kier alpha value is -2.60. The van der Waals surface area contributed by atoms with Gasteiger partial charge in [-0.05, 0) is 43.0 Å². The molecule has 0 bridgehead atoms. The van der Waals surface area contributed by atoms with Crippen LogP contribution in [-0.4, -0.2) is 50.3 Å². The van der Waals surface area contributed by atoms with Gasteiger partial charge in [0, 0.05) is 44.8 Å². The molecule has 2 aromatic rings. The smallest absolute Gasteiger partial charge is 0.191 e. The number of benzene rings is 1. The minimum Gasteiger partial charge on any atom is -0.375 e. The highest BCUT2D eigenvalue weighted by Crippen LogP contribution is 2.47. The lowest BCUT2D eigenvalue weighted by molar-refractivity contribution is 0.0529. The van der Waals surface area contributed by atoms with Gasteiger partial charge in [-0.15, -0.1) is 0 Å². The topological polar surface area (TPSA) is 61.8 Å². The van der Waals surface area contributed by atoms with Crippen molar-refractivity contribution in [2.75, 3.05) is 38.2 Å². The number of ether oxygens (including phenoxy) is 1. The summed E-state index contributed by atoms with van der Waals surface area (Å²) in [5.74, 6) is 1.86. The maximum atomic E-state index is 5.64. The monoisotopic (exact) mass is 393 g/mol. The van der Waals surface area contributed by atoms with Gasteiger partial charge in [0.15, 0.2) is 5.96 Å². The second-order valence-electron chi connectivity index (χ2n) is 8.08. The molecule has 1 aliphatic carbocycles. The predicted molar refractivity (Wildman–Crippen MR) is 117 cm³/mol. The molecule has 2 N–H and O–H groups in total. The van der Waals surface area contributed by atoms with Crippen LogP contribution in [0.3, 0.4) is 0 Å². The van der Waals surface area contributed by atoms with E-state index in [4.69, 9.17) is 4.74 Å². The highest BCUT2D eigenvalue weighted by molar-refractivity contribution is 5.79. The molecule has 6 heteroatoms. The Labute approximate surface area is 173 Å². The van der Waals surface area contributed by atoms with E-state index in [0.717, 1.165) is 38.0 Å². The fourth-order valence-corrected chi connectivity index (χ4v) is 3.94. The van der Waals surface area contributed by atoms with Crippen LogP contribution in [0.4, 0.5) is 5.82 Å². The maximum Gasteiger partial charge on any atom is 0.191 e. The maximum absolute atomic E-state index is 5.64. The molecular formula is C23H31N5O. The summed E-state index contributed by atoms with van der Waals surface area (Å²) in [5.41, 5.74) is 2.87. The zero-order valence-electron chi connectivity index (χ0n) is 17.4. The molecule has 1 saturated carbocycles. The van der Waals surface area contributed by atoms with Gasteiger partial charge in [-0.2, -0.15) is 0 Å². The Morgan fingerprint density at radius 1 is 1.24 bits per heavy atom. The zero-order valence-corrected chi connectivity index (χ0v) is 17.4. The number of rotatable bonds is 6. The lowest BCUT2D eigenvalue weighted by atomic mass is 9.96. The average Bonchev–Trinajstić information content (AvgIpc) is 3.56. The number of nitrogens with zero attached hydrogens (tertiary/aromatic N) is 3. The summed E-state index contributed by atoms with van der Waals surface area (Å²) in [6.45, 7) is 6.26. The van der Waals surface area contributed by atoms with Crippen molar-refractivity contribution < 1.29 is 4.74 Å². The van der Waals surface area contributed by atoms with Gasteiger partial charge in [0.1, 0.15) is 5.82 Å². The largest absolute Gasteiger partial charge is 0.375 e. The molecule has 0 spiro atoms. The van der Waals surface area contributed by atoms with Crippen LogP contribution in [-0.2, 0) is 16.7 Å². The van der Waals surface area contributed by atoms with Gasteiger partial charge < -0.3 is 20.3 Å². The minimum absolute atomic E-state index is 0.245. The molecule has 6 nitrogen and oxygen atoms in total. The summed E-state index contributed by atoms with van der Waals surface area (Å²) < 4.78 is 5.64. The highest BCUT2D eigenvalue weighted by atomic mass is 16.5. The van der Waals surface area contributed by atoms with Crippen LogP contribution < -0.4 is 15.5 Å². The van der Waals surface area contributed by atoms with Gasteiger partial charge in [-0.25, -0.2) is 4.98 Å². The first-order valence-electron chi connectivity index (χ1n) is 10.5. The molecule has 1 atom stereocenters. The molecule has 2 aliphatic rings. The van der Waals surface area contributed by atoms with E-state index in [2.05, 4.69) is 74.9 Å². The average molecular weight is 394 g/mol. The van der Waals surface area contributed by atoms with Crippen LogP contribution in [0.5, 0.6) is 0 Å². The van der Waals surface area contributed by atoms with Crippen LogP contribution in [0.15, 0.2) is 53.7 Å². The lowest BCUT2D eigenvalue weighted by Gasteiger charge is -2.32. The first-order chi connectivity index (χ1) is 14.2. The van der Waals surface area contributed by atoms with Crippen molar-refractivity contribution in [1.29, 1.82) is 0 Å². The molecule has 4 rings (SSSR count). The summed E-state index contributed by atoms with van der Waals surface area (Å²) in [6.07, 6.45) is 4.59. The first kappa shape index (κ1) is 19.7. The molecule has 2 heterocycles. The van der Waals surface area contributed by atoms with Crippen molar-refractivity contribution in [3.8, 4) is 0 Å². The quantitative estimate of drug-likeness (QED) is 0.584. The van der Waals surface area contributed by atoms with Gasteiger partial charge in [-0.1, -0.05) is 30.3 Å². The Balaban J connectivity index is 1.32. The third-order valence-electron chi connectivity index (χ3n) is 5.89. The zero-order chi connectivity index (χ0) is 20.1. The van der Waals surface area contributed by atoms with E-state index in [-0.39, 0.29) is 11.5 Å². The van der Waals surface area contributed by atoms with E-state index in [1.807, 2.05) is 13.2 Å². The Bertz CT molecular complexity index is 834. The van der Waals surface area contributed by atoms with E-state index in [1.165, 1.54) is 24.0 Å². The summed E-state index contributed by atoms with van der Waals surface area (Å²) in [5, 5.41) is 6.97. The second-order valence-corrected chi connectivity index (χ2v) is 8.08. The minimum atomic E-state index is 0.245. The van der Waals surface area contributed by atoms with E-state index in [0.29, 0.717) is 6.54 Å². The first-order valence-corrected chi connectivity index (χ1v) is 10.5. The van der Waals surface area contributed by atoms with Crippen molar-refractivity contribution in [3.05, 3.63) is 59.8 Å². The molecule has 154 valence electrons. The van der Waals surface area contributed by atoms with Gasteiger partial charge >= 0.3 is 0 Å². The summed E-state index contributed by atoms with van der Waals surface area (Å²) >= 11 is 0. The fraction of sp³-hybridized carbons (Fsp3) is 0.478. The van der Waals surface area contributed by atoms with Crippen molar-refractivity contribution in [2.45, 2.75) is 37.8 Å². The van der Waals surface area contributed by atoms with Gasteiger partial charge in [-0.3, -0.25) is 4.99 Å². The number of pyridine rings is 1. The SMILES string of the molecule is CN=C(NCc1ccnc(N2CCOC(C)C2)c1)NCC1(c2ccccc2)CC1. The highest BCUT2D eigenvalue weighted by Gasteiger charge is 2.43. The van der Waals surface area contributed by atoms with Crippen LogP contribution in [0.1, 0.15) is 30.9 Å². The summed E-state index contributed by atoms with van der Waals surface area (Å²) in [4.78, 5) is 11.2. The molecule has 1 aromatic carbocycles. The number of guanidine groups is 1. The molecule has 1 saturated heterocycles. The predicted octanol–water partition coefficient (Wildman–Crippen LogP) is 2.70. The normalized spacial score (nSPS) is 21.0. The molecule has 0 radical (unpaired) electrons. The van der Waals surface area contributed by atoms with Crippen LogP contribution in [0, 0.1) is 0 Å². The van der Waals surface area contributed by atoms with Crippen molar-refractivity contribution in [3.63, 3.8) is 0 Å². The van der Waals surface area contributed by atoms with Crippen molar-refractivity contribution >= 4 is 11.8 Å². The lowest BCUT2D eigenvalue weighted by Crippen LogP contribution is -2.42. The fourth-order valence-electron chi connectivity index (χ4n) is 3.94. The molecule has 29 heavy (non-hydrogen) atoms. The van der Waals surface area contributed by atoms with Crippen LogP contribution in [0.2, 0.25) is 0 Å². The Kier molecular flexibility index (Phi) is 6.00. The Morgan fingerprint density at radius 2 is 2.07 bits per heavy atom. The van der Waals surface area contributed by atoms with Gasteiger partial charge in [0.2, 0.25) is 0 Å². The summed E-state index contributed by atoms with van der Waals surface area (Å²) in [7, 11) is 1.82. The number of aliphatic imine (C=N–C) groups is 1. The van der Waals surface area contributed by atoms with E-state index < -0.39 is 0 Å². The van der Waals surface area contributed by atoms with E-state index in [1.54, 1.807) is 0 Å². The molecule has 1 unspecified atom stereocenters. The number of hydrogen-bond donors (Lipinski definition) is 2. The number of morpholine rings is 1.